The molecule has 0 spiro atoms. The lowest BCUT2D eigenvalue weighted by Gasteiger charge is -2.39. The normalized spacial score (nSPS) is 16.1. The predicted octanol–water partition coefficient (Wildman–Crippen LogP) is 1.66. The van der Waals surface area contributed by atoms with E-state index in [9.17, 15) is 4.79 Å². The second-order valence-electron chi connectivity index (χ2n) is 5.46. The molecule has 1 aromatic rings. The minimum absolute atomic E-state index is 0.0254. The SMILES string of the molecule is CN(CCOc1ccc(Br)cc1)C(=O)COC1(C)CNC1. The van der Waals surface area contributed by atoms with Gasteiger partial charge in [-0.3, -0.25) is 4.79 Å². The highest BCUT2D eigenvalue weighted by atomic mass is 79.9. The molecule has 1 aromatic carbocycles. The first-order valence-corrected chi connectivity index (χ1v) is 7.75. The second kappa shape index (κ2) is 7.24. The van der Waals surface area contributed by atoms with Gasteiger partial charge in [-0.2, -0.15) is 0 Å². The Labute approximate surface area is 133 Å². The number of halogens is 1. The summed E-state index contributed by atoms with van der Waals surface area (Å²) in [6, 6.07) is 7.62. The van der Waals surface area contributed by atoms with Crippen molar-refractivity contribution < 1.29 is 14.3 Å². The Morgan fingerprint density at radius 3 is 2.62 bits per heavy atom. The Balaban J connectivity index is 1.65. The average Bonchev–Trinajstić information content (AvgIpc) is 2.44. The number of amides is 1. The van der Waals surface area contributed by atoms with Crippen molar-refractivity contribution in [3.8, 4) is 5.75 Å². The maximum Gasteiger partial charge on any atom is 0.248 e. The molecule has 0 atom stereocenters. The molecule has 6 heteroatoms. The fourth-order valence-electron chi connectivity index (χ4n) is 1.88. The number of hydrogen-bond acceptors (Lipinski definition) is 4. The van der Waals surface area contributed by atoms with Gasteiger partial charge in [-0.1, -0.05) is 15.9 Å². The number of rotatable bonds is 7. The smallest absolute Gasteiger partial charge is 0.248 e. The summed E-state index contributed by atoms with van der Waals surface area (Å²) in [5.41, 5.74) is -0.190. The fraction of sp³-hybridized carbons (Fsp3) is 0.533. The first-order valence-electron chi connectivity index (χ1n) is 6.95. The van der Waals surface area contributed by atoms with Gasteiger partial charge in [0.1, 0.15) is 19.0 Å². The molecule has 0 aliphatic carbocycles. The van der Waals surface area contributed by atoms with E-state index in [0.29, 0.717) is 13.2 Å². The second-order valence-corrected chi connectivity index (χ2v) is 6.38. The van der Waals surface area contributed by atoms with Gasteiger partial charge in [0.15, 0.2) is 0 Å². The Morgan fingerprint density at radius 1 is 1.38 bits per heavy atom. The zero-order valence-electron chi connectivity index (χ0n) is 12.4. The van der Waals surface area contributed by atoms with Gasteiger partial charge in [0.2, 0.25) is 5.91 Å². The summed E-state index contributed by atoms with van der Waals surface area (Å²) in [4.78, 5) is 13.6. The van der Waals surface area contributed by atoms with Gasteiger partial charge < -0.3 is 19.7 Å². The number of ether oxygens (including phenoxy) is 2. The van der Waals surface area contributed by atoms with Gasteiger partial charge >= 0.3 is 0 Å². The number of carbonyl (C=O) groups excluding carboxylic acids is 1. The molecule has 0 unspecified atom stereocenters. The van der Waals surface area contributed by atoms with E-state index in [4.69, 9.17) is 9.47 Å². The maximum atomic E-state index is 11.9. The van der Waals surface area contributed by atoms with Crippen molar-refractivity contribution in [3.63, 3.8) is 0 Å². The maximum absolute atomic E-state index is 11.9. The molecule has 1 amide bonds. The molecular weight excluding hydrogens is 336 g/mol. The highest BCUT2D eigenvalue weighted by Crippen LogP contribution is 2.16. The third kappa shape index (κ3) is 4.98. The van der Waals surface area contributed by atoms with E-state index in [1.807, 2.05) is 31.2 Å². The Kier molecular flexibility index (Phi) is 5.61. The summed E-state index contributed by atoms with van der Waals surface area (Å²) in [5, 5.41) is 3.14. The third-order valence-corrected chi connectivity index (χ3v) is 4.01. The topological polar surface area (TPSA) is 50.8 Å². The Morgan fingerprint density at radius 2 is 2.05 bits per heavy atom. The van der Waals surface area contributed by atoms with Crippen molar-refractivity contribution in [1.29, 1.82) is 0 Å². The molecule has 116 valence electrons. The minimum atomic E-state index is -0.190. The molecule has 0 bridgehead atoms. The standard InChI is InChI=1S/C15H21BrN2O3/c1-15(10-17-11-15)21-9-14(19)18(2)7-8-20-13-5-3-12(16)4-6-13/h3-6,17H,7-11H2,1-2H3. The highest BCUT2D eigenvalue weighted by molar-refractivity contribution is 9.10. The first kappa shape index (κ1) is 16.3. The summed E-state index contributed by atoms with van der Waals surface area (Å²) in [6.45, 7) is 4.73. The van der Waals surface area contributed by atoms with E-state index >= 15 is 0 Å². The van der Waals surface area contributed by atoms with E-state index in [-0.39, 0.29) is 18.1 Å². The van der Waals surface area contributed by atoms with Crippen LogP contribution < -0.4 is 10.1 Å². The molecule has 1 fully saturated rings. The molecule has 0 radical (unpaired) electrons. The lowest BCUT2D eigenvalue weighted by atomic mass is 10.0. The molecule has 1 saturated heterocycles. The molecule has 5 nitrogen and oxygen atoms in total. The number of likely N-dealkylation sites (N-methyl/N-ethyl adjacent to an activating group) is 1. The van der Waals surface area contributed by atoms with E-state index in [0.717, 1.165) is 23.3 Å². The Hall–Kier alpha value is -1.11. The van der Waals surface area contributed by atoms with Crippen molar-refractivity contribution in [2.75, 3.05) is 39.9 Å². The number of carbonyl (C=O) groups is 1. The molecule has 1 heterocycles. The quantitative estimate of drug-likeness (QED) is 0.807. The van der Waals surface area contributed by atoms with Crippen molar-refractivity contribution in [2.24, 2.45) is 0 Å². The van der Waals surface area contributed by atoms with Gasteiger partial charge in [0.05, 0.1) is 12.1 Å². The van der Waals surface area contributed by atoms with Crippen LogP contribution in [0.4, 0.5) is 0 Å². The summed E-state index contributed by atoms with van der Waals surface area (Å²) < 4.78 is 12.2. The van der Waals surface area contributed by atoms with Crippen LogP contribution in [0.5, 0.6) is 5.75 Å². The van der Waals surface area contributed by atoms with Crippen LogP contribution >= 0.6 is 15.9 Å². The average molecular weight is 357 g/mol. The number of benzene rings is 1. The molecular formula is C15H21BrN2O3. The molecule has 2 rings (SSSR count). The monoisotopic (exact) mass is 356 g/mol. The number of nitrogens with zero attached hydrogens (tertiary/aromatic N) is 1. The summed E-state index contributed by atoms with van der Waals surface area (Å²) in [5.74, 6) is 0.769. The van der Waals surface area contributed by atoms with Crippen LogP contribution in [-0.2, 0) is 9.53 Å². The molecule has 21 heavy (non-hydrogen) atoms. The van der Waals surface area contributed by atoms with Crippen molar-refractivity contribution in [3.05, 3.63) is 28.7 Å². The first-order chi connectivity index (χ1) is 9.98. The van der Waals surface area contributed by atoms with Gasteiger partial charge in [-0.25, -0.2) is 0 Å². The van der Waals surface area contributed by atoms with E-state index in [1.165, 1.54) is 0 Å². The van der Waals surface area contributed by atoms with Crippen molar-refractivity contribution in [2.45, 2.75) is 12.5 Å². The fourth-order valence-corrected chi connectivity index (χ4v) is 2.15. The van der Waals surface area contributed by atoms with Crippen LogP contribution in [0.2, 0.25) is 0 Å². The zero-order valence-corrected chi connectivity index (χ0v) is 14.0. The van der Waals surface area contributed by atoms with Gasteiger partial charge in [-0.15, -0.1) is 0 Å². The van der Waals surface area contributed by atoms with Crippen molar-refractivity contribution >= 4 is 21.8 Å². The lowest BCUT2D eigenvalue weighted by molar-refractivity contribution is -0.145. The number of hydrogen-bond donors (Lipinski definition) is 1. The largest absolute Gasteiger partial charge is 0.492 e. The van der Waals surface area contributed by atoms with Crippen LogP contribution in [-0.4, -0.2) is 56.3 Å². The zero-order chi connectivity index (χ0) is 15.3. The van der Waals surface area contributed by atoms with Crippen LogP contribution in [0.25, 0.3) is 0 Å². The van der Waals surface area contributed by atoms with E-state index in [2.05, 4.69) is 21.2 Å². The molecule has 1 aliphatic heterocycles. The van der Waals surface area contributed by atoms with Crippen LogP contribution in [0.3, 0.4) is 0 Å². The molecule has 1 N–H and O–H groups in total. The number of nitrogens with one attached hydrogen (secondary N) is 1. The highest BCUT2D eigenvalue weighted by Gasteiger charge is 2.33. The summed E-state index contributed by atoms with van der Waals surface area (Å²) in [6.07, 6.45) is 0. The molecule has 0 saturated carbocycles. The van der Waals surface area contributed by atoms with Crippen LogP contribution in [0, 0.1) is 0 Å². The van der Waals surface area contributed by atoms with Gasteiger partial charge in [-0.05, 0) is 31.2 Å². The van der Waals surface area contributed by atoms with E-state index in [1.54, 1.807) is 11.9 Å². The summed E-state index contributed by atoms with van der Waals surface area (Å²) >= 11 is 3.37. The van der Waals surface area contributed by atoms with Gasteiger partial charge in [0, 0.05) is 24.6 Å². The predicted molar refractivity (Wildman–Crippen MR) is 84.5 cm³/mol. The molecule has 0 aromatic heterocycles. The van der Waals surface area contributed by atoms with Gasteiger partial charge in [0.25, 0.3) is 0 Å². The van der Waals surface area contributed by atoms with Crippen LogP contribution in [0.15, 0.2) is 28.7 Å². The van der Waals surface area contributed by atoms with E-state index < -0.39 is 0 Å². The van der Waals surface area contributed by atoms with Crippen molar-refractivity contribution in [1.82, 2.24) is 10.2 Å². The lowest BCUT2D eigenvalue weighted by Crippen LogP contribution is -2.59. The minimum Gasteiger partial charge on any atom is -0.492 e. The Bertz CT molecular complexity index is 474. The summed E-state index contributed by atoms with van der Waals surface area (Å²) in [7, 11) is 1.76. The third-order valence-electron chi connectivity index (χ3n) is 3.48. The molecule has 1 aliphatic rings. The van der Waals surface area contributed by atoms with Crippen LogP contribution in [0.1, 0.15) is 6.92 Å².